The summed E-state index contributed by atoms with van der Waals surface area (Å²) in [4.78, 5) is 11.3. The standard InChI is InChI=1S/C16H21NO4S/c1-2-3-4-7-13-10-14(16(18)19)12-15(11-13)22(20,21)17-8-5-6-9-17/h4,7,10-12H,2-3,5-6,8-9H2,1H3,(H,18,19)/b7-4+. The van der Waals surface area contributed by atoms with Crippen LogP contribution in [0, 0.1) is 0 Å². The number of nitrogens with zero attached hydrogens (tertiary/aromatic N) is 1. The van der Waals surface area contributed by atoms with Crippen LogP contribution in [0.1, 0.15) is 48.5 Å². The van der Waals surface area contributed by atoms with Crippen molar-refractivity contribution in [2.75, 3.05) is 13.1 Å². The third-order valence-electron chi connectivity index (χ3n) is 3.64. The molecule has 1 aliphatic heterocycles. The van der Waals surface area contributed by atoms with Crippen molar-refractivity contribution < 1.29 is 18.3 Å². The normalized spacial score (nSPS) is 16.4. The minimum atomic E-state index is -3.61. The maximum atomic E-state index is 12.6. The molecule has 0 amide bonds. The number of carboxylic acid groups (broad SMARTS) is 1. The predicted octanol–water partition coefficient (Wildman–Crippen LogP) is 2.98. The first-order valence-corrected chi connectivity index (χ1v) is 8.94. The van der Waals surface area contributed by atoms with E-state index in [1.165, 1.54) is 16.4 Å². The molecule has 1 heterocycles. The summed E-state index contributed by atoms with van der Waals surface area (Å²) >= 11 is 0. The van der Waals surface area contributed by atoms with E-state index in [1.54, 1.807) is 12.1 Å². The number of aromatic carboxylic acids is 1. The minimum absolute atomic E-state index is 0.00331. The van der Waals surface area contributed by atoms with Gasteiger partial charge in [-0.2, -0.15) is 4.31 Å². The number of hydrogen-bond donors (Lipinski definition) is 1. The van der Waals surface area contributed by atoms with E-state index in [4.69, 9.17) is 0 Å². The fourth-order valence-corrected chi connectivity index (χ4v) is 4.05. The van der Waals surface area contributed by atoms with Crippen molar-refractivity contribution in [2.45, 2.75) is 37.5 Å². The Balaban J connectivity index is 2.43. The Labute approximate surface area is 131 Å². The van der Waals surface area contributed by atoms with E-state index in [9.17, 15) is 18.3 Å². The molecule has 1 aliphatic rings. The van der Waals surface area contributed by atoms with Crippen molar-refractivity contribution in [1.29, 1.82) is 0 Å². The van der Waals surface area contributed by atoms with Crippen molar-refractivity contribution in [3.63, 3.8) is 0 Å². The highest BCUT2D eigenvalue weighted by Crippen LogP contribution is 2.23. The predicted molar refractivity (Wildman–Crippen MR) is 85.3 cm³/mol. The third-order valence-corrected chi connectivity index (χ3v) is 5.52. The second-order valence-electron chi connectivity index (χ2n) is 5.40. The molecular formula is C16H21NO4S. The van der Waals surface area contributed by atoms with Gasteiger partial charge < -0.3 is 5.11 Å². The number of unbranched alkanes of at least 4 members (excludes halogenated alkanes) is 1. The molecule has 0 aromatic heterocycles. The summed E-state index contributed by atoms with van der Waals surface area (Å²) in [5, 5.41) is 9.20. The Hall–Kier alpha value is -1.66. The number of rotatable bonds is 6. The first kappa shape index (κ1) is 16.7. The molecular weight excluding hydrogens is 302 g/mol. The summed E-state index contributed by atoms with van der Waals surface area (Å²) in [5.74, 6) is -1.12. The fourth-order valence-electron chi connectivity index (χ4n) is 2.45. The number of hydrogen-bond acceptors (Lipinski definition) is 3. The smallest absolute Gasteiger partial charge is 0.335 e. The molecule has 1 aromatic carbocycles. The van der Waals surface area contributed by atoms with Gasteiger partial charge in [0.2, 0.25) is 10.0 Å². The molecule has 120 valence electrons. The summed E-state index contributed by atoms with van der Waals surface area (Å²) in [6, 6.07) is 4.29. The first-order chi connectivity index (χ1) is 10.4. The molecule has 1 fully saturated rings. The number of benzene rings is 1. The van der Waals surface area contributed by atoms with Gasteiger partial charge in [-0.3, -0.25) is 0 Å². The number of allylic oxidation sites excluding steroid dienone is 1. The molecule has 0 aliphatic carbocycles. The molecule has 1 aromatic rings. The fraction of sp³-hybridized carbons (Fsp3) is 0.438. The largest absolute Gasteiger partial charge is 0.478 e. The van der Waals surface area contributed by atoms with E-state index < -0.39 is 16.0 Å². The SMILES string of the molecule is CCC/C=C/c1cc(C(=O)O)cc(S(=O)(=O)N2CCCC2)c1. The van der Waals surface area contributed by atoms with Crippen LogP contribution in [0.25, 0.3) is 6.08 Å². The highest BCUT2D eigenvalue weighted by molar-refractivity contribution is 7.89. The van der Waals surface area contributed by atoms with E-state index >= 15 is 0 Å². The lowest BCUT2D eigenvalue weighted by Crippen LogP contribution is -2.28. The quantitative estimate of drug-likeness (QED) is 0.873. The molecule has 2 rings (SSSR count). The van der Waals surface area contributed by atoms with Gasteiger partial charge >= 0.3 is 5.97 Å². The van der Waals surface area contributed by atoms with Gasteiger partial charge in [-0.15, -0.1) is 0 Å². The molecule has 0 spiro atoms. The van der Waals surface area contributed by atoms with Crippen molar-refractivity contribution in [2.24, 2.45) is 0 Å². The van der Waals surface area contributed by atoms with E-state index in [2.05, 4.69) is 0 Å². The van der Waals surface area contributed by atoms with E-state index in [-0.39, 0.29) is 10.5 Å². The van der Waals surface area contributed by atoms with Crippen LogP contribution in [-0.2, 0) is 10.0 Å². The Bertz CT molecular complexity index is 673. The lowest BCUT2D eigenvalue weighted by Gasteiger charge is -2.16. The van der Waals surface area contributed by atoms with Crippen LogP contribution in [0.4, 0.5) is 0 Å². The monoisotopic (exact) mass is 323 g/mol. The Morgan fingerprint density at radius 3 is 2.55 bits per heavy atom. The van der Waals surface area contributed by atoms with Crippen molar-refractivity contribution in [3.8, 4) is 0 Å². The molecule has 1 saturated heterocycles. The molecule has 0 saturated carbocycles. The molecule has 0 bridgehead atoms. The third kappa shape index (κ3) is 3.75. The topological polar surface area (TPSA) is 74.7 Å². The lowest BCUT2D eigenvalue weighted by molar-refractivity contribution is 0.0696. The van der Waals surface area contributed by atoms with Gasteiger partial charge in [0.15, 0.2) is 0 Å². The van der Waals surface area contributed by atoms with Gasteiger partial charge in [-0.25, -0.2) is 13.2 Å². The zero-order valence-electron chi connectivity index (χ0n) is 12.7. The second kappa shape index (κ2) is 7.07. The zero-order valence-corrected chi connectivity index (χ0v) is 13.5. The van der Waals surface area contributed by atoms with Gasteiger partial charge in [-0.1, -0.05) is 25.5 Å². The van der Waals surface area contributed by atoms with Gasteiger partial charge in [0.25, 0.3) is 0 Å². The Kier molecular flexibility index (Phi) is 5.37. The summed E-state index contributed by atoms with van der Waals surface area (Å²) in [6.07, 6.45) is 7.24. The van der Waals surface area contributed by atoms with Crippen LogP contribution >= 0.6 is 0 Å². The first-order valence-electron chi connectivity index (χ1n) is 7.50. The van der Waals surface area contributed by atoms with E-state index in [1.807, 2.05) is 13.0 Å². The summed E-state index contributed by atoms with van der Waals surface area (Å²) in [5.41, 5.74) is 0.600. The second-order valence-corrected chi connectivity index (χ2v) is 7.34. The Morgan fingerprint density at radius 2 is 1.95 bits per heavy atom. The molecule has 6 heteroatoms. The van der Waals surface area contributed by atoms with Gasteiger partial charge in [0.05, 0.1) is 10.5 Å². The van der Waals surface area contributed by atoms with Crippen molar-refractivity contribution in [3.05, 3.63) is 35.4 Å². The van der Waals surface area contributed by atoms with Gasteiger partial charge in [0.1, 0.15) is 0 Å². The zero-order chi connectivity index (χ0) is 16.2. The highest BCUT2D eigenvalue weighted by Gasteiger charge is 2.28. The van der Waals surface area contributed by atoms with Crippen LogP contribution in [-0.4, -0.2) is 36.9 Å². The van der Waals surface area contributed by atoms with E-state index in [0.29, 0.717) is 18.7 Å². The average Bonchev–Trinajstić information content (AvgIpc) is 3.02. The molecule has 22 heavy (non-hydrogen) atoms. The van der Waals surface area contributed by atoms with Crippen LogP contribution in [0.15, 0.2) is 29.2 Å². The van der Waals surface area contributed by atoms with E-state index in [0.717, 1.165) is 25.7 Å². The van der Waals surface area contributed by atoms with Crippen LogP contribution in [0.2, 0.25) is 0 Å². The van der Waals surface area contributed by atoms with Gasteiger partial charge in [0, 0.05) is 13.1 Å². The number of sulfonamides is 1. The highest BCUT2D eigenvalue weighted by atomic mass is 32.2. The maximum Gasteiger partial charge on any atom is 0.335 e. The maximum absolute atomic E-state index is 12.6. The average molecular weight is 323 g/mol. The Morgan fingerprint density at radius 1 is 1.27 bits per heavy atom. The minimum Gasteiger partial charge on any atom is -0.478 e. The molecule has 0 radical (unpaired) electrons. The number of carboxylic acids is 1. The molecule has 0 unspecified atom stereocenters. The van der Waals surface area contributed by atoms with Gasteiger partial charge in [-0.05, 0) is 43.0 Å². The van der Waals surface area contributed by atoms with Crippen LogP contribution in [0.5, 0.6) is 0 Å². The van der Waals surface area contributed by atoms with Crippen LogP contribution < -0.4 is 0 Å². The summed E-state index contributed by atoms with van der Waals surface area (Å²) in [7, 11) is -3.61. The molecule has 5 nitrogen and oxygen atoms in total. The molecule has 1 N–H and O–H groups in total. The van der Waals surface area contributed by atoms with Crippen molar-refractivity contribution >= 4 is 22.1 Å². The summed E-state index contributed by atoms with van der Waals surface area (Å²) < 4.78 is 26.6. The lowest BCUT2D eigenvalue weighted by atomic mass is 10.1. The van der Waals surface area contributed by atoms with Crippen LogP contribution in [0.3, 0.4) is 0 Å². The summed E-state index contributed by atoms with van der Waals surface area (Å²) in [6.45, 7) is 3.04. The number of carbonyl (C=O) groups is 1. The molecule has 0 atom stereocenters. The van der Waals surface area contributed by atoms with Crippen molar-refractivity contribution in [1.82, 2.24) is 4.31 Å².